The number of carbonyl (C=O) groups is 1. The quantitative estimate of drug-likeness (QED) is 0.842. The van der Waals surface area contributed by atoms with Crippen molar-refractivity contribution in [3.05, 3.63) is 35.6 Å². The van der Waals surface area contributed by atoms with Gasteiger partial charge in [0.25, 0.3) is 5.92 Å². The molecule has 0 aliphatic rings. The highest BCUT2D eigenvalue weighted by molar-refractivity contribution is 5.67. The first-order valence-electron chi connectivity index (χ1n) is 4.23. The Morgan fingerprint density at radius 2 is 2.07 bits per heavy atom. The number of carboxylic acids is 1. The van der Waals surface area contributed by atoms with Gasteiger partial charge in [0.1, 0.15) is 12.2 Å². The minimum Gasteiger partial charge on any atom is -0.481 e. The van der Waals surface area contributed by atoms with E-state index in [0.29, 0.717) is 0 Å². The zero-order valence-corrected chi connectivity index (χ0v) is 7.71. The molecule has 0 fully saturated rings. The Morgan fingerprint density at radius 3 is 2.60 bits per heavy atom. The SMILES string of the molecule is O=C(O)CC(F)(F)Cc1cccc(F)c1. The summed E-state index contributed by atoms with van der Waals surface area (Å²) >= 11 is 0. The third kappa shape index (κ3) is 4.01. The minimum absolute atomic E-state index is 0.0845. The summed E-state index contributed by atoms with van der Waals surface area (Å²) in [5, 5.41) is 8.23. The summed E-state index contributed by atoms with van der Waals surface area (Å²) in [6, 6.07) is 4.74. The molecule has 2 nitrogen and oxygen atoms in total. The Balaban J connectivity index is 2.72. The van der Waals surface area contributed by atoms with Crippen LogP contribution in [0.2, 0.25) is 0 Å². The summed E-state index contributed by atoms with van der Waals surface area (Å²) < 4.78 is 38.6. The first kappa shape index (κ1) is 11.6. The molecule has 5 heteroatoms. The third-order valence-corrected chi connectivity index (χ3v) is 1.76. The van der Waals surface area contributed by atoms with Crippen LogP contribution in [-0.4, -0.2) is 17.0 Å². The molecule has 0 aliphatic carbocycles. The van der Waals surface area contributed by atoms with E-state index in [1.165, 1.54) is 12.1 Å². The van der Waals surface area contributed by atoms with Crippen molar-refractivity contribution in [2.45, 2.75) is 18.8 Å². The van der Waals surface area contributed by atoms with Crippen LogP contribution in [-0.2, 0) is 11.2 Å². The number of alkyl halides is 2. The van der Waals surface area contributed by atoms with Crippen molar-refractivity contribution < 1.29 is 23.1 Å². The van der Waals surface area contributed by atoms with Gasteiger partial charge >= 0.3 is 5.97 Å². The van der Waals surface area contributed by atoms with E-state index in [9.17, 15) is 18.0 Å². The Labute approximate surface area is 84.3 Å². The van der Waals surface area contributed by atoms with Gasteiger partial charge < -0.3 is 5.11 Å². The van der Waals surface area contributed by atoms with E-state index in [1.54, 1.807) is 0 Å². The summed E-state index contributed by atoms with van der Waals surface area (Å²) in [5.41, 5.74) is 0.0845. The highest BCUT2D eigenvalue weighted by Crippen LogP contribution is 2.24. The van der Waals surface area contributed by atoms with Gasteiger partial charge in [0, 0.05) is 6.42 Å². The predicted octanol–water partition coefficient (Wildman–Crippen LogP) is 2.48. The zero-order chi connectivity index (χ0) is 11.5. The molecule has 1 aromatic carbocycles. The summed E-state index contributed by atoms with van der Waals surface area (Å²) in [6.45, 7) is 0. The molecule has 0 amide bonds. The van der Waals surface area contributed by atoms with Gasteiger partial charge in [-0.3, -0.25) is 4.79 Å². The third-order valence-electron chi connectivity index (χ3n) is 1.76. The summed E-state index contributed by atoms with van der Waals surface area (Å²) in [7, 11) is 0. The second kappa shape index (κ2) is 4.33. The molecule has 0 saturated heterocycles. The molecular weight excluding hydrogens is 209 g/mol. The maximum atomic E-state index is 13.0. The smallest absolute Gasteiger partial charge is 0.309 e. The monoisotopic (exact) mass is 218 g/mol. The van der Waals surface area contributed by atoms with Gasteiger partial charge in [0.05, 0.1) is 0 Å². The Morgan fingerprint density at radius 1 is 1.40 bits per heavy atom. The average Bonchev–Trinajstić information content (AvgIpc) is 1.99. The molecule has 0 heterocycles. The molecule has 0 spiro atoms. The maximum absolute atomic E-state index is 13.0. The first-order chi connectivity index (χ1) is 6.89. The first-order valence-corrected chi connectivity index (χ1v) is 4.23. The fourth-order valence-corrected chi connectivity index (χ4v) is 1.23. The average molecular weight is 218 g/mol. The summed E-state index contributed by atoms with van der Waals surface area (Å²) in [4.78, 5) is 10.1. The van der Waals surface area contributed by atoms with E-state index in [0.717, 1.165) is 12.1 Å². The standard InChI is InChI=1S/C10H9F3O2/c11-8-3-1-2-7(4-8)5-10(12,13)6-9(14)15/h1-4H,5-6H2,(H,14,15). The molecule has 0 bridgehead atoms. The lowest BCUT2D eigenvalue weighted by Crippen LogP contribution is -2.23. The van der Waals surface area contributed by atoms with Crippen molar-refractivity contribution in [1.82, 2.24) is 0 Å². The van der Waals surface area contributed by atoms with Crippen molar-refractivity contribution in [2.24, 2.45) is 0 Å². The van der Waals surface area contributed by atoms with Gasteiger partial charge in [-0.1, -0.05) is 12.1 Å². The number of carboxylic acid groups (broad SMARTS) is 1. The number of halogens is 3. The molecule has 0 saturated carbocycles. The lowest BCUT2D eigenvalue weighted by atomic mass is 10.0. The molecule has 82 valence electrons. The van der Waals surface area contributed by atoms with Gasteiger partial charge in [0.15, 0.2) is 0 Å². The van der Waals surface area contributed by atoms with Crippen LogP contribution in [0.5, 0.6) is 0 Å². The van der Waals surface area contributed by atoms with Crippen LogP contribution in [0.1, 0.15) is 12.0 Å². The number of benzene rings is 1. The van der Waals surface area contributed by atoms with Crippen LogP contribution >= 0.6 is 0 Å². The van der Waals surface area contributed by atoms with E-state index in [4.69, 9.17) is 5.11 Å². The lowest BCUT2D eigenvalue weighted by molar-refractivity contribution is -0.144. The molecule has 0 aromatic heterocycles. The fraction of sp³-hybridized carbons (Fsp3) is 0.300. The Hall–Kier alpha value is -1.52. The number of hydrogen-bond acceptors (Lipinski definition) is 1. The molecule has 1 aromatic rings. The van der Waals surface area contributed by atoms with Crippen molar-refractivity contribution in [2.75, 3.05) is 0 Å². The van der Waals surface area contributed by atoms with Gasteiger partial charge in [-0.2, -0.15) is 0 Å². The second-order valence-electron chi connectivity index (χ2n) is 3.23. The predicted molar refractivity (Wildman–Crippen MR) is 47.3 cm³/mol. The van der Waals surface area contributed by atoms with Crippen LogP contribution in [0.4, 0.5) is 13.2 Å². The highest BCUT2D eigenvalue weighted by Gasteiger charge is 2.32. The molecule has 1 N–H and O–H groups in total. The normalized spacial score (nSPS) is 11.4. The van der Waals surface area contributed by atoms with Crippen LogP contribution in [0.3, 0.4) is 0 Å². The molecule has 1 rings (SSSR count). The van der Waals surface area contributed by atoms with Gasteiger partial charge in [-0.15, -0.1) is 0 Å². The molecule has 0 radical (unpaired) electrons. The van der Waals surface area contributed by atoms with Crippen molar-refractivity contribution >= 4 is 5.97 Å². The molecule has 15 heavy (non-hydrogen) atoms. The lowest BCUT2D eigenvalue weighted by Gasteiger charge is -2.13. The van der Waals surface area contributed by atoms with Crippen molar-refractivity contribution in [3.63, 3.8) is 0 Å². The molecule has 0 aliphatic heterocycles. The molecular formula is C10H9F3O2. The fourth-order valence-electron chi connectivity index (χ4n) is 1.23. The van der Waals surface area contributed by atoms with E-state index in [2.05, 4.69) is 0 Å². The largest absolute Gasteiger partial charge is 0.481 e. The topological polar surface area (TPSA) is 37.3 Å². The van der Waals surface area contributed by atoms with E-state index in [-0.39, 0.29) is 5.56 Å². The minimum atomic E-state index is -3.35. The maximum Gasteiger partial charge on any atom is 0.309 e. The van der Waals surface area contributed by atoms with Gasteiger partial charge in [-0.25, -0.2) is 13.2 Å². The van der Waals surface area contributed by atoms with E-state index < -0.39 is 30.6 Å². The second-order valence-corrected chi connectivity index (χ2v) is 3.23. The van der Waals surface area contributed by atoms with Crippen molar-refractivity contribution in [3.8, 4) is 0 Å². The Kier molecular flexibility index (Phi) is 3.34. The number of rotatable bonds is 4. The highest BCUT2D eigenvalue weighted by atomic mass is 19.3. The van der Waals surface area contributed by atoms with Crippen LogP contribution in [0.15, 0.2) is 24.3 Å². The number of hydrogen-bond donors (Lipinski definition) is 1. The summed E-state index contributed by atoms with van der Waals surface area (Å²) in [6.07, 6.45) is -2.01. The van der Waals surface area contributed by atoms with Gasteiger partial charge in [-0.05, 0) is 17.7 Å². The van der Waals surface area contributed by atoms with Crippen LogP contribution < -0.4 is 0 Å². The van der Waals surface area contributed by atoms with Crippen LogP contribution in [0.25, 0.3) is 0 Å². The Bertz CT molecular complexity index is 363. The zero-order valence-electron chi connectivity index (χ0n) is 7.71. The van der Waals surface area contributed by atoms with E-state index >= 15 is 0 Å². The molecule has 0 unspecified atom stereocenters. The summed E-state index contributed by atoms with van der Waals surface area (Å²) in [5.74, 6) is -5.53. The van der Waals surface area contributed by atoms with Crippen molar-refractivity contribution in [1.29, 1.82) is 0 Å². The number of aliphatic carboxylic acids is 1. The molecule has 0 atom stereocenters. The van der Waals surface area contributed by atoms with Crippen LogP contribution in [0, 0.1) is 5.82 Å². The van der Waals surface area contributed by atoms with E-state index in [1.807, 2.05) is 0 Å². The van der Waals surface area contributed by atoms with Gasteiger partial charge in [0.2, 0.25) is 0 Å².